The molecule has 0 spiro atoms. The van der Waals surface area contributed by atoms with E-state index in [4.69, 9.17) is 0 Å². The van der Waals surface area contributed by atoms with Crippen LogP contribution in [0.25, 0.3) is 86.9 Å². The molecule has 1 aromatic heterocycles. The number of aromatic amines is 1. The highest BCUT2D eigenvalue weighted by atomic mass is 14.7. The lowest BCUT2D eigenvalue weighted by molar-refractivity contribution is 0.796. The lowest BCUT2D eigenvalue weighted by Gasteiger charge is -2.17. The van der Waals surface area contributed by atoms with E-state index in [1.54, 1.807) is 0 Å². The molecule has 11 rings (SSSR count). The maximum atomic E-state index is 4.16. The molecule has 0 amide bonds. The number of nitrogens with one attached hydrogen (secondary N) is 1. The van der Waals surface area contributed by atoms with E-state index in [9.17, 15) is 0 Å². The standard InChI is InChI=1S/C56H47N/c1-3-5-21-37-23-13-15-25-40(37)44-33-46-51-48(31-35-17-9-7-10-18-35)57-49(32-36-19-11-8-12-20-36)52(51)47-34-45(41-26-16-14-24-38(41)22-6-4-2)43-30-28-39-27-29-42(44)53-50(39)54(43)56(47)55(46)53/h7-20,23-30,33-34,57H,3-6,21-22,31-32H2,1-2H3. The summed E-state index contributed by atoms with van der Waals surface area (Å²) in [6, 6.07) is 55.4. The number of unbranched alkanes of at least 4 members (excludes halogenated alkanes) is 2. The predicted molar refractivity (Wildman–Crippen MR) is 246 cm³/mol. The van der Waals surface area contributed by atoms with Gasteiger partial charge in [-0.15, -0.1) is 0 Å². The largest absolute Gasteiger partial charge is 0.361 e. The number of hydrogen-bond acceptors (Lipinski definition) is 0. The summed E-state index contributed by atoms with van der Waals surface area (Å²) in [5.74, 6) is 0. The van der Waals surface area contributed by atoms with Crippen molar-refractivity contribution in [2.24, 2.45) is 0 Å². The summed E-state index contributed by atoms with van der Waals surface area (Å²) in [6.07, 6.45) is 8.61. The summed E-state index contributed by atoms with van der Waals surface area (Å²) in [4.78, 5) is 4.16. The second-order valence-corrected chi connectivity index (χ2v) is 16.4. The highest BCUT2D eigenvalue weighted by molar-refractivity contribution is 6.50. The normalized spacial score (nSPS) is 12.2. The lowest BCUT2D eigenvalue weighted by atomic mass is 9.85. The second-order valence-electron chi connectivity index (χ2n) is 16.4. The van der Waals surface area contributed by atoms with Gasteiger partial charge in [0.1, 0.15) is 0 Å². The molecule has 1 N–H and O–H groups in total. The minimum Gasteiger partial charge on any atom is -0.361 e. The van der Waals surface area contributed by atoms with E-state index in [0.29, 0.717) is 0 Å². The van der Waals surface area contributed by atoms with Crippen LogP contribution < -0.4 is 0 Å². The maximum Gasteiger partial charge on any atom is 0.0280 e. The monoisotopic (exact) mass is 733 g/mol. The summed E-state index contributed by atoms with van der Waals surface area (Å²) < 4.78 is 0. The van der Waals surface area contributed by atoms with Gasteiger partial charge in [0, 0.05) is 35.0 Å². The van der Waals surface area contributed by atoms with E-state index >= 15 is 0 Å². The second kappa shape index (κ2) is 13.8. The Morgan fingerprint density at radius 3 is 1.25 bits per heavy atom. The van der Waals surface area contributed by atoms with Gasteiger partial charge < -0.3 is 4.98 Å². The molecule has 0 atom stereocenters. The minimum absolute atomic E-state index is 0.847. The molecule has 0 unspecified atom stereocenters. The molecule has 0 aliphatic rings. The van der Waals surface area contributed by atoms with Crippen LogP contribution in [0, 0.1) is 0 Å². The Morgan fingerprint density at radius 1 is 0.368 bits per heavy atom. The van der Waals surface area contributed by atoms with E-state index in [-0.39, 0.29) is 0 Å². The molecule has 10 aromatic carbocycles. The van der Waals surface area contributed by atoms with Crippen molar-refractivity contribution < 1.29 is 0 Å². The van der Waals surface area contributed by atoms with Gasteiger partial charge in [-0.05, 0) is 136 Å². The van der Waals surface area contributed by atoms with Gasteiger partial charge in [0.15, 0.2) is 0 Å². The molecule has 0 saturated carbocycles. The molecular weight excluding hydrogens is 687 g/mol. The summed E-state index contributed by atoms with van der Waals surface area (Å²) in [7, 11) is 0. The lowest BCUT2D eigenvalue weighted by Crippen LogP contribution is -1.93. The van der Waals surface area contributed by atoms with Crippen molar-refractivity contribution in [3.63, 3.8) is 0 Å². The van der Waals surface area contributed by atoms with Gasteiger partial charge in [0.2, 0.25) is 0 Å². The van der Waals surface area contributed by atoms with Crippen LogP contribution in [0.5, 0.6) is 0 Å². The minimum atomic E-state index is 0.847. The number of hydrogen-bond donors (Lipinski definition) is 1. The molecule has 11 aromatic rings. The predicted octanol–water partition coefficient (Wildman–Crippen LogP) is 15.4. The van der Waals surface area contributed by atoms with Crippen molar-refractivity contribution in [3.8, 4) is 22.3 Å². The van der Waals surface area contributed by atoms with E-state index in [1.165, 1.54) is 146 Å². The Balaban J connectivity index is 1.35. The van der Waals surface area contributed by atoms with Crippen LogP contribution in [-0.2, 0) is 25.7 Å². The molecule has 0 aliphatic carbocycles. The molecule has 0 fully saturated rings. The van der Waals surface area contributed by atoms with Crippen LogP contribution in [0.2, 0.25) is 0 Å². The van der Waals surface area contributed by atoms with E-state index in [2.05, 4.69) is 164 Å². The van der Waals surface area contributed by atoms with Crippen molar-refractivity contribution in [3.05, 3.63) is 179 Å². The van der Waals surface area contributed by atoms with Gasteiger partial charge in [-0.3, -0.25) is 0 Å². The van der Waals surface area contributed by atoms with Gasteiger partial charge in [-0.1, -0.05) is 160 Å². The van der Waals surface area contributed by atoms with Crippen molar-refractivity contribution in [2.75, 3.05) is 0 Å². The third-order valence-corrected chi connectivity index (χ3v) is 13.0. The number of H-pyrrole nitrogens is 1. The number of rotatable bonds is 12. The number of aryl methyl sites for hydroxylation is 2. The van der Waals surface area contributed by atoms with E-state index in [1.807, 2.05) is 0 Å². The van der Waals surface area contributed by atoms with Gasteiger partial charge in [0.25, 0.3) is 0 Å². The Labute approximate surface area is 335 Å². The number of benzene rings is 9. The van der Waals surface area contributed by atoms with Crippen LogP contribution in [-0.4, -0.2) is 4.98 Å². The first-order valence-electron chi connectivity index (χ1n) is 21.2. The average Bonchev–Trinajstić information content (AvgIpc) is 3.81. The fourth-order valence-corrected chi connectivity index (χ4v) is 10.4. The highest BCUT2D eigenvalue weighted by Crippen LogP contribution is 2.56. The zero-order valence-corrected chi connectivity index (χ0v) is 33.0. The topological polar surface area (TPSA) is 15.8 Å². The molecule has 0 saturated heterocycles. The summed E-state index contributed by atoms with van der Waals surface area (Å²) in [5, 5.41) is 16.8. The molecule has 0 bridgehead atoms. The molecule has 1 heterocycles. The summed E-state index contributed by atoms with van der Waals surface area (Å²) in [6.45, 7) is 4.60. The van der Waals surface area contributed by atoms with Crippen LogP contribution in [0.3, 0.4) is 0 Å². The van der Waals surface area contributed by atoms with Gasteiger partial charge in [-0.25, -0.2) is 0 Å². The zero-order chi connectivity index (χ0) is 38.0. The molecule has 0 aliphatic heterocycles. The molecule has 276 valence electrons. The maximum absolute atomic E-state index is 4.16. The third kappa shape index (κ3) is 5.36. The van der Waals surface area contributed by atoms with Crippen molar-refractivity contribution in [1.29, 1.82) is 0 Å². The van der Waals surface area contributed by atoms with Gasteiger partial charge in [-0.2, -0.15) is 0 Å². The van der Waals surface area contributed by atoms with Gasteiger partial charge >= 0.3 is 0 Å². The molecule has 1 nitrogen and oxygen atoms in total. The summed E-state index contributed by atoms with van der Waals surface area (Å²) in [5.41, 5.74) is 13.6. The average molecular weight is 734 g/mol. The molecular formula is C56H47N. The van der Waals surface area contributed by atoms with Crippen LogP contribution in [0.15, 0.2) is 146 Å². The van der Waals surface area contributed by atoms with Crippen molar-refractivity contribution in [2.45, 2.75) is 65.2 Å². The molecule has 0 radical (unpaired) electrons. The Bertz CT molecular complexity index is 2970. The third-order valence-electron chi connectivity index (χ3n) is 13.0. The Morgan fingerprint density at radius 2 is 0.789 bits per heavy atom. The number of aromatic nitrogens is 1. The summed E-state index contributed by atoms with van der Waals surface area (Å²) >= 11 is 0. The SMILES string of the molecule is CCCCc1ccccc1-c1cc2c3c(Cc4ccccc4)[nH]c(Cc4ccccc4)c3c3cc(-c4ccccc4CCCC)c4ccc5ccc1c1c5c4c3c21. The van der Waals surface area contributed by atoms with Crippen LogP contribution in [0.4, 0.5) is 0 Å². The van der Waals surface area contributed by atoms with E-state index < -0.39 is 0 Å². The fourth-order valence-electron chi connectivity index (χ4n) is 10.4. The Hall–Kier alpha value is -6.18. The highest BCUT2D eigenvalue weighted by Gasteiger charge is 2.29. The van der Waals surface area contributed by atoms with Gasteiger partial charge in [0.05, 0.1) is 0 Å². The molecule has 57 heavy (non-hydrogen) atoms. The zero-order valence-electron chi connectivity index (χ0n) is 33.0. The van der Waals surface area contributed by atoms with Crippen molar-refractivity contribution >= 4 is 64.6 Å². The number of fused-ring (bicyclic) bond motifs is 3. The van der Waals surface area contributed by atoms with Crippen LogP contribution >= 0.6 is 0 Å². The molecule has 1 heteroatoms. The quantitative estimate of drug-likeness (QED) is 0.120. The first-order valence-corrected chi connectivity index (χ1v) is 21.2. The van der Waals surface area contributed by atoms with Crippen LogP contribution in [0.1, 0.15) is 73.2 Å². The first-order chi connectivity index (χ1) is 28.2. The first kappa shape index (κ1) is 34.1. The van der Waals surface area contributed by atoms with Crippen molar-refractivity contribution in [1.82, 2.24) is 4.98 Å². The van der Waals surface area contributed by atoms with E-state index in [0.717, 1.165) is 25.7 Å². The fraction of sp³-hybridized carbons (Fsp3) is 0.179. The Kier molecular flexibility index (Phi) is 8.24. The smallest absolute Gasteiger partial charge is 0.0280 e.